The van der Waals surface area contributed by atoms with Crippen LogP contribution in [0, 0.1) is 6.92 Å². The Kier molecular flexibility index (Phi) is 4.98. The molecule has 0 aliphatic heterocycles. The van der Waals surface area contributed by atoms with Gasteiger partial charge in [0.2, 0.25) is 0 Å². The summed E-state index contributed by atoms with van der Waals surface area (Å²) in [7, 11) is 0. The van der Waals surface area contributed by atoms with Crippen LogP contribution in [0.1, 0.15) is 41.5 Å². The van der Waals surface area contributed by atoms with E-state index in [0.717, 1.165) is 0 Å². The summed E-state index contributed by atoms with van der Waals surface area (Å²) in [5.74, 6) is 0. The molecule has 0 amide bonds. The Morgan fingerprint density at radius 2 is 2.23 bits per heavy atom. The summed E-state index contributed by atoms with van der Waals surface area (Å²) in [4.78, 5) is 1.96. The second kappa shape index (κ2) is 5.52. The summed E-state index contributed by atoms with van der Waals surface area (Å²) in [6.45, 7) is 4.42. The Balaban J connectivity index is 2.64. The van der Waals surface area contributed by atoms with E-state index < -0.39 is 0 Å². The van der Waals surface area contributed by atoms with Crippen molar-refractivity contribution in [1.82, 2.24) is 0 Å². The Labute approximate surface area is 101 Å². The smallest absolute Gasteiger partial charge is 0.0704 e. The lowest BCUT2D eigenvalue weighted by Gasteiger charge is -2.07. The van der Waals surface area contributed by atoms with E-state index in [9.17, 15) is 0 Å². The number of halogens is 2. The Morgan fingerprint density at radius 3 is 2.69 bits per heavy atom. The van der Waals surface area contributed by atoms with E-state index in [1.807, 2.05) is 11.3 Å². The van der Waals surface area contributed by atoms with Crippen LogP contribution in [-0.4, -0.2) is 0 Å². The molecule has 1 rings (SSSR count). The van der Waals surface area contributed by atoms with E-state index in [0.29, 0.717) is 4.83 Å². The third kappa shape index (κ3) is 3.37. The zero-order valence-electron chi connectivity index (χ0n) is 7.94. The molecular weight excluding hydrogens is 312 g/mol. The minimum atomic E-state index is 0.537. The topological polar surface area (TPSA) is 0 Å². The molecule has 0 spiro atoms. The van der Waals surface area contributed by atoms with E-state index in [-0.39, 0.29) is 0 Å². The van der Waals surface area contributed by atoms with E-state index in [2.05, 4.69) is 51.8 Å². The molecule has 0 fully saturated rings. The number of hydrogen-bond donors (Lipinski definition) is 0. The van der Waals surface area contributed by atoms with Crippen LogP contribution in [0.5, 0.6) is 0 Å². The number of unbranched alkanes of at least 4 members (excludes halogenated alkanes) is 1. The maximum absolute atomic E-state index is 3.74. The van der Waals surface area contributed by atoms with Crippen LogP contribution >= 0.6 is 43.2 Å². The number of rotatable bonds is 4. The molecule has 74 valence electrons. The minimum Gasteiger partial charge on any atom is -0.133 e. The molecule has 0 N–H and O–H groups in total. The predicted octanol–water partition coefficient (Wildman–Crippen LogP) is 5.45. The zero-order valence-corrected chi connectivity index (χ0v) is 11.9. The molecular formula is C10H14Br2S. The predicted molar refractivity (Wildman–Crippen MR) is 67.9 cm³/mol. The normalized spacial score (nSPS) is 13.2. The van der Waals surface area contributed by atoms with E-state index in [1.54, 1.807) is 0 Å². The SMILES string of the molecule is CCCCC(Br)c1cc(Br)sc1C. The molecule has 13 heavy (non-hydrogen) atoms. The lowest BCUT2D eigenvalue weighted by atomic mass is 10.1. The monoisotopic (exact) mass is 324 g/mol. The summed E-state index contributed by atoms with van der Waals surface area (Å²) in [5.41, 5.74) is 1.45. The Bertz CT molecular complexity index is 268. The average Bonchev–Trinajstić information content (AvgIpc) is 2.41. The van der Waals surface area contributed by atoms with Crippen LogP contribution in [0.4, 0.5) is 0 Å². The van der Waals surface area contributed by atoms with Crippen LogP contribution < -0.4 is 0 Å². The van der Waals surface area contributed by atoms with Crippen LogP contribution in [0.15, 0.2) is 9.85 Å². The first-order chi connectivity index (χ1) is 6.15. The van der Waals surface area contributed by atoms with Crippen molar-refractivity contribution in [2.24, 2.45) is 0 Å². The molecule has 0 aliphatic carbocycles. The van der Waals surface area contributed by atoms with Gasteiger partial charge in [0.15, 0.2) is 0 Å². The van der Waals surface area contributed by atoms with Crippen LogP contribution in [0.2, 0.25) is 0 Å². The number of thiophene rings is 1. The minimum absolute atomic E-state index is 0.537. The van der Waals surface area contributed by atoms with E-state index >= 15 is 0 Å². The molecule has 1 atom stereocenters. The highest BCUT2D eigenvalue weighted by molar-refractivity contribution is 9.11. The molecule has 1 aromatic rings. The standard InChI is InChI=1S/C10H14Br2S/c1-3-4-5-9(11)8-6-10(12)13-7(8)2/h6,9H,3-5H2,1-2H3. The fraction of sp³-hybridized carbons (Fsp3) is 0.600. The van der Waals surface area contributed by atoms with Crippen molar-refractivity contribution in [2.75, 3.05) is 0 Å². The van der Waals surface area contributed by atoms with Crippen molar-refractivity contribution < 1.29 is 0 Å². The lowest BCUT2D eigenvalue weighted by molar-refractivity contribution is 0.712. The van der Waals surface area contributed by atoms with Gasteiger partial charge in [-0.2, -0.15) is 0 Å². The van der Waals surface area contributed by atoms with Gasteiger partial charge < -0.3 is 0 Å². The number of aryl methyl sites for hydroxylation is 1. The van der Waals surface area contributed by atoms with Gasteiger partial charge in [-0.3, -0.25) is 0 Å². The van der Waals surface area contributed by atoms with Gasteiger partial charge in [-0.1, -0.05) is 35.7 Å². The van der Waals surface area contributed by atoms with Gasteiger partial charge in [0.25, 0.3) is 0 Å². The number of alkyl halides is 1. The summed E-state index contributed by atoms with van der Waals surface area (Å²) in [5, 5.41) is 0. The van der Waals surface area contributed by atoms with Gasteiger partial charge in [0, 0.05) is 9.70 Å². The molecule has 0 nitrogen and oxygen atoms in total. The second-order valence-electron chi connectivity index (χ2n) is 3.17. The summed E-state index contributed by atoms with van der Waals surface area (Å²) >= 11 is 9.07. The van der Waals surface area contributed by atoms with E-state index in [1.165, 1.54) is 33.5 Å². The fourth-order valence-electron chi connectivity index (χ4n) is 1.31. The Morgan fingerprint density at radius 1 is 1.54 bits per heavy atom. The third-order valence-corrected chi connectivity index (χ3v) is 4.60. The van der Waals surface area contributed by atoms with Crippen molar-refractivity contribution in [1.29, 1.82) is 0 Å². The quantitative estimate of drug-likeness (QED) is 0.646. The molecule has 0 saturated heterocycles. The highest BCUT2D eigenvalue weighted by atomic mass is 79.9. The first-order valence-electron chi connectivity index (χ1n) is 4.55. The maximum Gasteiger partial charge on any atom is 0.0704 e. The molecule has 0 aromatic carbocycles. The molecule has 0 saturated carbocycles. The van der Waals surface area contributed by atoms with E-state index in [4.69, 9.17) is 0 Å². The highest BCUT2D eigenvalue weighted by Crippen LogP contribution is 2.37. The lowest BCUT2D eigenvalue weighted by Crippen LogP contribution is -1.89. The molecule has 1 heterocycles. The summed E-state index contributed by atoms with van der Waals surface area (Å²) in [6, 6.07) is 2.23. The van der Waals surface area contributed by atoms with Crippen LogP contribution in [0.25, 0.3) is 0 Å². The molecule has 0 bridgehead atoms. The second-order valence-corrected chi connectivity index (χ2v) is 6.91. The molecule has 3 heteroatoms. The number of hydrogen-bond acceptors (Lipinski definition) is 1. The van der Waals surface area contributed by atoms with Crippen LogP contribution in [0.3, 0.4) is 0 Å². The third-order valence-electron chi connectivity index (χ3n) is 2.07. The van der Waals surface area contributed by atoms with Crippen molar-refractivity contribution in [3.05, 3.63) is 20.3 Å². The molecule has 0 aliphatic rings. The fourth-order valence-corrected chi connectivity index (χ4v) is 4.03. The first kappa shape index (κ1) is 11.7. The maximum atomic E-state index is 3.74. The van der Waals surface area contributed by atoms with Gasteiger partial charge in [0.1, 0.15) is 0 Å². The van der Waals surface area contributed by atoms with Gasteiger partial charge >= 0.3 is 0 Å². The average molecular weight is 326 g/mol. The highest BCUT2D eigenvalue weighted by Gasteiger charge is 2.12. The van der Waals surface area contributed by atoms with Gasteiger partial charge in [-0.15, -0.1) is 11.3 Å². The van der Waals surface area contributed by atoms with Crippen molar-refractivity contribution in [3.63, 3.8) is 0 Å². The van der Waals surface area contributed by atoms with Crippen LogP contribution in [-0.2, 0) is 0 Å². The first-order valence-corrected chi connectivity index (χ1v) is 7.07. The van der Waals surface area contributed by atoms with Crippen molar-refractivity contribution >= 4 is 43.2 Å². The van der Waals surface area contributed by atoms with Gasteiger partial charge in [-0.05, 0) is 40.9 Å². The zero-order chi connectivity index (χ0) is 9.84. The molecule has 1 unspecified atom stereocenters. The van der Waals surface area contributed by atoms with Crippen molar-refractivity contribution in [2.45, 2.75) is 37.9 Å². The largest absolute Gasteiger partial charge is 0.133 e. The molecule has 1 aromatic heterocycles. The summed E-state index contributed by atoms with van der Waals surface area (Å²) < 4.78 is 1.24. The summed E-state index contributed by atoms with van der Waals surface area (Å²) in [6.07, 6.45) is 3.80. The van der Waals surface area contributed by atoms with Gasteiger partial charge in [-0.25, -0.2) is 0 Å². The van der Waals surface area contributed by atoms with Gasteiger partial charge in [0.05, 0.1) is 3.79 Å². The Hall–Kier alpha value is 0.660. The van der Waals surface area contributed by atoms with Crippen molar-refractivity contribution in [3.8, 4) is 0 Å². The molecule has 0 radical (unpaired) electrons.